The number of rotatable bonds is 4. The lowest BCUT2D eigenvalue weighted by molar-refractivity contribution is 1.27. The van der Waals surface area contributed by atoms with Crippen LogP contribution in [0.4, 0.5) is 5.69 Å². The molecule has 0 heterocycles. The van der Waals surface area contributed by atoms with Gasteiger partial charge in [-0.05, 0) is 31.0 Å². The summed E-state index contributed by atoms with van der Waals surface area (Å²) in [5, 5.41) is 0. The molecule has 3 aromatic rings. The summed E-state index contributed by atoms with van der Waals surface area (Å²) < 4.78 is 0. The highest BCUT2D eigenvalue weighted by atomic mass is 14.7. The van der Waals surface area contributed by atoms with E-state index in [1.807, 2.05) is 48.5 Å². The molecule has 0 aliphatic carbocycles. The van der Waals surface area contributed by atoms with Gasteiger partial charge in [0, 0.05) is 11.1 Å². The summed E-state index contributed by atoms with van der Waals surface area (Å²) in [4.78, 5) is 4.87. The van der Waals surface area contributed by atoms with Crippen molar-refractivity contribution >= 4 is 11.4 Å². The molecule has 3 aromatic carbocycles. The summed E-state index contributed by atoms with van der Waals surface area (Å²) in [5.41, 5.74) is 5.41. The average Bonchev–Trinajstić information content (AvgIpc) is 2.62. The van der Waals surface area contributed by atoms with Crippen LogP contribution in [0.25, 0.3) is 0 Å². The second-order valence-electron chi connectivity index (χ2n) is 5.11. The van der Waals surface area contributed by atoms with Crippen LogP contribution in [0.15, 0.2) is 89.9 Å². The van der Waals surface area contributed by atoms with Crippen molar-refractivity contribution < 1.29 is 0 Å². The molecule has 1 nitrogen and oxygen atoms in total. The summed E-state index contributed by atoms with van der Waals surface area (Å²) in [5.74, 6) is 0. The minimum Gasteiger partial charge on any atom is -0.248 e. The van der Waals surface area contributed by atoms with Crippen molar-refractivity contribution in [1.29, 1.82) is 0 Å². The van der Waals surface area contributed by atoms with Gasteiger partial charge in [0.1, 0.15) is 0 Å². The summed E-state index contributed by atoms with van der Waals surface area (Å²) in [6.45, 7) is 3.91. The van der Waals surface area contributed by atoms with Crippen LogP contribution in [0.1, 0.15) is 16.7 Å². The first-order chi connectivity index (χ1) is 10.9. The Morgan fingerprint density at radius 2 is 1.18 bits per heavy atom. The van der Waals surface area contributed by atoms with E-state index >= 15 is 0 Å². The summed E-state index contributed by atoms with van der Waals surface area (Å²) in [6, 6.07) is 28.8. The molecule has 0 unspecified atom stereocenters. The van der Waals surface area contributed by atoms with Gasteiger partial charge in [0.2, 0.25) is 0 Å². The minimum atomic E-state index is 0.800. The molecule has 0 spiro atoms. The number of aliphatic imine (C=N–C) groups is 1. The fourth-order valence-corrected chi connectivity index (χ4v) is 2.35. The Kier molecular flexibility index (Phi) is 4.45. The summed E-state index contributed by atoms with van der Waals surface area (Å²) >= 11 is 0. The molecule has 1 heteroatoms. The molecule has 1 radical (unpaired) electrons. The lowest BCUT2D eigenvalue weighted by Crippen LogP contribution is -2.02. The Bertz CT molecular complexity index is 699. The Morgan fingerprint density at radius 1 is 0.682 bits per heavy atom. The van der Waals surface area contributed by atoms with Gasteiger partial charge in [-0.15, -0.1) is 0 Å². The van der Waals surface area contributed by atoms with Crippen molar-refractivity contribution in [2.75, 3.05) is 0 Å². The summed E-state index contributed by atoms with van der Waals surface area (Å²) in [6.07, 6.45) is 0.800. The van der Waals surface area contributed by atoms with Gasteiger partial charge in [-0.1, -0.05) is 72.8 Å². The van der Waals surface area contributed by atoms with Crippen molar-refractivity contribution in [1.82, 2.24) is 0 Å². The van der Waals surface area contributed by atoms with Crippen molar-refractivity contribution in [3.8, 4) is 0 Å². The van der Waals surface area contributed by atoms with Crippen LogP contribution < -0.4 is 0 Å². The van der Waals surface area contributed by atoms with Crippen LogP contribution in [0.2, 0.25) is 0 Å². The molecule has 0 atom stereocenters. The Morgan fingerprint density at radius 3 is 1.64 bits per heavy atom. The molecule has 0 saturated heterocycles. The van der Waals surface area contributed by atoms with Gasteiger partial charge in [-0.3, -0.25) is 0 Å². The highest BCUT2D eigenvalue weighted by Crippen LogP contribution is 2.19. The first kappa shape index (κ1) is 14.3. The molecule has 0 N–H and O–H groups in total. The third-order valence-electron chi connectivity index (χ3n) is 3.56. The standard InChI is InChI=1S/C21H18N/c1-2-17-13-15-20(16-14-17)22-21(18-9-5-3-6-10-18)19-11-7-4-8-12-19/h3-16H,1-2H2. The van der Waals surface area contributed by atoms with Gasteiger partial charge in [0.25, 0.3) is 0 Å². The normalized spacial score (nSPS) is 10.2. The number of nitrogens with zero attached hydrogens (tertiary/aromatic N) is 1. The van der Waals surface area contributed by atoms with Crippen LogP contribution >= 0.6 is 0 Å². The van der Waals surface area contributed by atoms with E-state index in [1.54, 1.807) is 0 Å². The quantitative estimate of drug-likeness (QED) is 0.581. The van der Waals surface area contributed by atoms with Crippen LogP contribution in [0.3, 0.4) is 0 Å². The maximum absolute atomic E-state index is 4.87. The molecule has 0 aliphatic rings. The van der Waals surface area contributed by atoms with Crippen molar-refractivity contribution in [2.45, 2.75) is 6.42 Å². The fourth-order valence-electron chi connectivity index (χ4n) is 2.35. The molecule has 0 aliphatic heterocycles. The second-order valence-corrected chi connectivity index (χ2v) is 5.11. The van der Waals surface area contributed by atoms with Gasteiger partial charge in [-0.25, -0.2) is 4.99 Å². The van der Waals surface area contributed by atoms with E-state index in [4.69, 9.17) is 4.99 Å². The van der Waals surface area contributed by atoms with Gasteiger partial charge in [-0.2, -0.15) is 0 Å². The van der Waals surface area contributed by atoms with Gasteiger partial charge in [0.05, 0.1) is 11.4 Å². The zero-order valence-corrected chi connectivity index (χ0v) is 12.4. The average molecular weight is 284 g/mol. The lowest BCUT2D eigenvalue weighted by atomic mass is 10.0. The maximum Gasteiger partial charge on any atom is 0.0781 e. The van der Waals surface area contributed by atoms with Crippen LogP contribution in [-0.2, 0) is 6.42 Å². The van der Waals surface area contributed by atoms with E-state index in [1.165, 1.54) is 5.56 Å². The fraction of sp³-hybridized carbons (Fsp3) is 0.0476. The first-order valence-electron chi connectivity index (χ1n) is 7.44. The molecule has 0 fully saturated rings. The van der Waals surface area contributed by atoms with E-state index in [2.05, 4.69) is 43.3 Å². The smallest absolute Gasteiger partial charge is 0.0781 e. The second kappa shape index (κ2) is 6.86. The zero-order valence-electron chi connectivity index (χ0n) is 12.4. The van der Waals surface area contributed by atoms with E-state index < -0.39 is 0 Å². The molecular formula is C21H18N. The van der Waals surface area contributed by atoms with E-state index in [0.717, 1.165) is 28.9 Å². The first-order valence-corrected chi connectivity index (χ1v) is 7.44. The molecule has 22 heavy (non-hydrogen) atoms. The third kappa shape index (κ3) is 3.32. The molecule has 0 saturated carbocycles. The van der Waals surface area contributed by atoms with Gasteiger partial charge >= 0.3 is 0 Å². The highest BCUT2D eigenvalue weighted by Gasteiger charge is 2.06. The third-order valence-corrected chi connectivity index (χ3v) is 3.56. The van der Waals surface area contributed by atoms with Gasteiger partial charge < -0.3 is 0 Å². The summed E-state index contributed by atoms with van der Waals surface area (Å²) in [7, 11) is 0. The molecule has 0 aromatic heterocycles. The molecule has 0 amide bonds. The van der Waals surface area contributed by atoms with Gasteiger partial charge in [0.15, 0.2) is 0 Å². The van der Waals surface area contributed by atoms with E-state index in [0.29, 0.717) is 0 Å². The Hall–Kier alpha value is -2.67. The monoisotopic (exact) mass is 284 g/mol. The molecule has 0 bridgehead atoms. The SMILES string of the molecule is [CH2]Cc1ccc(N=C(c2ccccc2)c2ccccc2)cc1. The molecule has 107 valence electrons. The predicted molar refractivity (Wildman–Crippen MR) is 93.7 cm³/mol. The molecular weight excluding hydrogens is 266 g/mol. The van der Waals surface area contributed by atoms with Crippen LogP contribution in [0, 0.1) is 6.92 Å². The lowest BCUT2D eigenvalue weighted by Gasteiger charge is -2.08. The van der Waals surface area contributed by atoms with Crippen LogP contribution in [-0.4, -0.2) is 5.71 Å². The number of benzene rings is 3. The predicted octanol–water partition coefficient (Wildman–Crippen LogP) is 5.23. The van der Waals surface area contributed by atoms with E-state index in [-0.39, 0.29) is 0 Å². The van der Waals surface area contributed by atoms with E-state index in [9.17, 15) is 0 Å². The highest BCUT2D eigenvalue weighted by molar-refractivity contribution is 6.13. The Labute approximate surface area is 132 Å². The molecule has 3 rings (SSSR count). The minimum absolute atomic E-state index is 0.800. The maximum atomic E-state index is 4.87. The number of hydrogen-bond acceptors (Lipinski definition) is 1. The zero-order chi connectivity index (χ0) is 15.2. The van der Waals surface area contributed by atoms with Crippen molar-refractivity contribution in [3.05, 3.63) is 109 Å². The van der Waals surface area contributed by atoms with Crippen molar-refractivity contribution in [2.24, 2.45) is 4.99 Å². The topological polar surface area (TPSA) is 12.4 Å². The Balaban J connectivity index is 2.06. The van der Waals surface area contributed by atoms with Crippen molar-refractivity contribution in [3.63, 3.8) is 0 Å². The largest absolute Gasteiger partial charge is 0.248 e. The number of hydrogen-bond donors (Lipinski definition) is 0. The van der Waals surface area contributed by atoms with Crippen LogP contribution in [0.5, 0.6) is 0 Å².